The summed E-state index contributed by atoms with van der Waals surface area (Å²) in [5.41, 5.74) is 6.39. The number of nitrogens with one attached hydrogen (secondary N) is 2. The van der Waals surface area contributed by atoms with Crippen LogP contribution in [0, 0.1) is 0 Å². The second kappa shape index (κ2) is 10.7. The molecule has 7 heteroatoms. The molecule has 0 heterocycles. The van der Waals surface area contributed by atoms with Crippen molar-refractivity contribution in [3.63, 3.8) is 0 Å². The number of halogens is 2. The highest BCUT2D eigenvalue weighted by Crippen LogP contribution is 2.13. The zero-order valence-corrected chi connectivity index (χ0v) is 15.3. The Morgan fingerprint density at radius 1 is 1.33 bits per heavy atom. The smallest absolute Gasteiger partial charge is 0.224 e. The van der Waals surface area contributed by atoms with Gasteiger partial charge in [0.15, 0.2) is 5.96 Å². The van der Waals surface area contributed by atoms with Crippen LogP contribution < -0.4 is 16.4 Å². The number of anilines is 1. The van der Waals surface area contributed by atoms with Crippen LogP contribution in [-0.2, 0) is 4.79 Å². The van der Waals surface area contributed by atoms with Gasteiger partial charge in [0, 0.05) is 29.7 Å². The van der Waals surface area contributed by atoms with Gasteiger partial charge < -0.3 is 16.4 Å². The van der Waals surface area contributed by atoms with Gasteiger partial charge in [-0.3, -0.25) is 9.79 Å². The molecule has 118 valence electrons. The zero-order valence-electron chi connectivity index (χ0n) is 12.2. The Morgan fingerprint density at radius 3 is 2.52 bits per heavy atom. The number of amides is 1. The average Bonchev–Trinajstić information content (AvgIpc) is 2.37. The van der Waals surface area contributed by atoms with Gasteiger partial charge >= 0.3 is 0 Å². The van der Waals surface area contributed by atoms with E-state index >= 15 is 0 Å². The topological polar surface area (TPSA) is 79.5 Å². The Balaban J connectivity index is 0.00000400. The first-order valence-corrected chi connectivity index (χ1v) is 6.97. The van der Waals surface area contributed by atoms with Gasteiger partial charge in [-0.1, -0.05) is 11.6 Å². The maximum absolute atomic E-state index is 11.7. The van der Waals surface area contributed by atoms with Crippen molar-refractivity contribution in [1.29, 1.82) is 0 Å². The minimum Gasteiger partial charge on any atom is -0.370 e. The second-order valence-electron chi connectivity index (χ2n) is 4.72. The SMILES string of the molecule is CC(C)NC(N)=NCCCC(=O)Nc1ccc(Cl)cc1.I. The van der Waals surface area contributed by atoms with E-state index in [1.165, 1.54) is 0 Å². The van der Waals surface area contributed by atoms with Gasteiger partial charge in [0.25, 0.3) is 0 Å². The molecule has 5 nitrogen and oxygen atoms in total. The maximum atomic E-state index is 11.7. The Morgan fingerprint density at radius 2 is 1.95 bits per heavy atom. The highest BCUT2D eigenvalue weighted by molar-refractivity contribution is 14.0. The van der Waals surface area contributed by atoms with Gasteiger partial charge in [0.2, 0.25) is 5.91 Å². The van der Waals surface area contributed by atoms with E-state index in [1.54, 1.807) is 24.3 Å². The van der Waals surface area contributed by atoms with E-state index in [0.29, 0.717) is 30.4 Å². The Labute approximate surface area is 147 Å². The molecule has 0 aromatic heterocycles. The number of hydrogen-bond donors (Lipinski definition) is 3. The van der Waals surface area contributed by atoms with Gasteiger partial charge in [-0.2, -0.15) is 0 Å². The summed E-state index contributed by atoms with van der Waals surface area (Å²) in [6, 6.07) is 7.26. The van der Waals surface area contributed by atoms with Crippen molar-refractivity contribution in [3.8, 4) is 0 Å². The first-order valence-electron chi connectivity index (χ1n) is 6.59. The molecule has 1 aromatic rings. The van der Waals surface area contributed by atoms with E-state index in [4.69, 9.17) is 17.3 Å². The normalized spacial score (nSPS) is 11.0. The fraction of sp³-hybridized carbons (Fsp3) is 0.429. The summed E-state index contributed by atoms with van der Waals surface area (Å²) in [7, 11) is 0. The summed E-state index contributed by atoms with van der Waals surface area (Å²) in [5.74, 6) is 0.371. The fourth-order valence-electron chi connectivity index (χ4n) is 1.54. The third-order valence-electron chi connectivity index (χ3n) is 2.41. The summed E-state index contributed by atoms with van der Waals surface area (Å²) < 4.78 is 0. The summed E-state index contributed by atoms with van der Waals surface area (Å²) in [6.07, 6.45) is 1.06. The number of carbonyl (C=O) groups is 1. The molecule has 1 aromatic carbocycles. The first-order chi connectivity index (χ1) is 9.47. The number of aliphatic imine (C=N–C) groups is 1. The Bertz CT molecular complexity index is 463. The second-order valence-corrected chi connectivity index (χ2v) is 5.16. The van der Waals surface area contributed by atoms with E-state index in [1.807, 2.05) is 13.8 Å². The van der Waals surface area contributed by atoms with Crippen LogP contribution >= 0.6 is 35.6 Å². The first kappa shape index (κ1) is 20.0. The van der Waals surface area contributed by atoms with Gasteiger partial charge in [-0.25, -0.2) is 0 Å². The van der Waals surface area contributed by atoms with Crippen LogP contribution in [0.25, 0.3) is 0 Å². The summed E-state index contributed by atoms with van der Waals surface area (Å²) >= 11 is 5.77. The highest BCUT2D eigenvalue weighted by Gasteiger charge is 2.02. The fourth-order valence-corrected chi connectivity index (χ4v) is 1.66. The monoisotopic (exact) mass is 424 g/mol. The molecule has 0 aliphatic rings. The number of rotatable bonds is 6. The molecule has 0 spiro atoms. The molecule has 0 aliphatic carbocycles. The van der Waals surface area contributed by atoms with Crippen molar-refractivity contribution >= 4 is 53.1 Å². The molecule has 1 rings (SSSR count). The van der Waals surface area contributed by atoms with Crippen LogP contribution in [0.1, 0.15) is 26.7 Å². The molecule has 0 saturated heterocycles. The van der Waals surface area contributed by atoms with Crippen molar-refractivity contribution in [2.45, 2.75) is 32.7 Å². The van der Waals surface area contributed by atoms with Crippen molar-refractivity contribution in [2.75, 3.05) is 11.9 Å². The Hall–Kier alpha value is -1.02. The molecule has 0 fully saturated rings. The minimum atomic E-state index is -0.0436. The number of carbonyl (C=O) groups excluding carboxylic acids is 1. The van der Waals surface area contributed by atoms with Crippen molar-refractivity contribution in [1.82, 2.24) is 5.32 Å². The average molecular weight is 425 g/mol. The predicted octanol–water partition coefficient (Wildman–Crippen LogP) is 2.99. The zero-order chi connectivity index (χ0) is 15.0. The van der Waals surface area contributed by atoms with Crippen molar-refractivity contribution in [2.24, 2.45) is 10.7 Å². The summed E-state index contributed by atoms with van der Waals surface area (Å²) in [4.78, 5) is 15.8. The predicted molar refractivity (Wildman–Crippen MR) is 99.5 cm³/mol. The van der Waals surface area contributed by atoms with E-state index < -0.39 is 0 Å². The van der Waals surface area contributed by atoms with Gasteiger partial charge in [0.05, 0.1) is 0 Å². The summed E-state index contributed by atoms with van der Waals surface area (Å²) in [6.45, 7) is 4.50. The third-order valence-corrected chi connectivity index (χ3v) is 2.66. The quantitative estimate of drug-likeness (QED) is 0.284. The molecule has 0 saturated carbocycles. The molecule has 0 atom stereocenters. The van der Waals surface area contributed by atoms with Gasteiger partial charge in [-0.05, 0) is 44.5 Å². The molecule has 21 heavy (non-hydrogen) atoms. The van der Waals surface area contributed by atoms with E-state index in [0.717, 1.165) is 5.69 Å². The molecule has 0 bridgehead atoms. The Kier molecular flexibility index (Phi) is 10.2. The molecule has 0 aliphatic heterocycles. The third kappa shape index (κ3) is 9.52. The summed E-state index contributed by atoms with van der Waals surface area (Å²) in [5, 5.41) is 6.43. The van der Waals surface area contributed by atoms with E-state index in [-0.39, 0.29) is 35.9 Å². The van der Waals surface area contributed by atoms with Crippen molar-refractivity contribution < 1.29 is 4.79 Å². The van der Waals surface area contributed by atoms with E-state index in [9.17, 15) is 4.79 Å². The van der Waals surface area contributed by atoms with Crippen LogP contribution in [0.15, 0.2) is 29.3 Å². The number of guanidine groups is 1. The van der Waals surface area contributed by atoms with Crippen LogP contribution in [0.3, 0.4) is 0 Å². The standard InChI is InChI=1S/C14H21ClN4O.HI/c1-10(2)18-14(16)17-9-3-4-13(20)19-12-7-5-11(15)6-8-12;/h5-8,10H,3-4,9H2,1-2H3,(H,19,20)(H3,16,17,18);1H. The molecule has 1 amide bonds. The van der Waals surface area contributed by atoms with Crippen LogP contribution in [0.5, 0.6) is 0 Å². The number of benzene rings is 1. The molecular weight excluding hydrogens is 403 g/mol. The molecular formula is C14H22ClIN4O. The lowest BCUT2D eigenvalue weighted by Crippen LogP contribution is -2.36. The molecule has 0 unspecified atom stereocenters. The minimum absolute atomic E-state index is 0. The molecule has 4 N–H and O–H groups in total. The van der Waals surface area contributed by atoms with Gasteiger partial charge in [0.1, 0.15) is 0 Å². The lowest BCUT2D eigenvalue weighted by atomic mass is 10.2. The molecule has 0 radical (unpaired) electrons. The number of nitrogens with two attached hydrogens (primary N) is 1. The van der Waals surface area contributed by atoms with Crippen molar-refractivity contribution in [3.05, 3.63) is 29.3 Å². The highest BCUT2D eigenvalue weighted by atomic mass is 127. The van der Waals surface area contributed by atoms with Crippen LogP contribution in [0.2, 0.25) is 5.02 Å². The maximum Gasteiger partial charge on any atom is 0.224 e. The lowest BCUT2D eigenvalue weighted by Gasteiger charge is -2.08. The lowest BCUT2D eigenvalue weighted by molar-refractivity contribution is -0.116. The number of hydrogen-bond acceptors (Lipinski definition) is 2. The van der Waals surface area contributed by atoms with E-state index in [2.05, 4.69) is 15.6 Å². The largest absolute Gasteiger partial charge is 0.370 e. The van der Waals surface area contributed by atoms with Crippen LogP contribution in [-0.4, -0.2) is 24.5 Å². The van der Waals surface area contributed by atoms with Crippen LogP contribution in [0.4, 0.5) is 5.69 Å². The van der Waals surface area contributed by atoms with Gasteiger partial charge in [-0.15, -0.1) is 24.0 Å². The number of nitrogens with zero attached hydrogens (tertiary/aromatic N) is 1.